The van der Waals surface area contributed by atoms with Crippen LogP contribution < -0.4 is 10.6 Å². The van der Waals surface area contributed by atoms with Gasteiger partial charge in [-0.2, -0.15) is 0 Å². The van der Waals surface area contributed by atoms with Crippen molar-refractivity contribution in [1.29, 1.82) is 0 Å². The van der Waals surface area contributed by atoms with E-state index < -0.39 is 12.0 Å². The van der Waals surface area contributed by atoms with Crippen molar-refractivity contribution in [2.75, 3.05) is 13.1 Å². The maximum Gasteiger partial charge on any atom is 0.326 e. The van der Waals surface area contributed by atoms with Crippen LogP contribution in [0.2, 0.25) is 0 Å². The summed E-state index contributed by atoms with van der Waals surface area (Å²) in [6, 6.07) is -0.776. The van der Waals surface area contributed by atoms with Gasteiger partial charge in [0.25, 0.3) is 0 Å². The standard InChI is InChI=1S/C10H20N2O3/c1-4-8(10(14)15)12-9(13)7(3)6-11-5-2/h7-8,11H,4-6H2,1-3H3,(H,12,13)(H,14,15)/t7?,8-/m1/s1. The molecule has 0 spiro atoms. The molecule has 0 heterocycles. The summed E-state index contributed by atoms with van der Waals surface area (Å²) in [5.74, 6) is -1.41. The molecule has 0 aromatic carbocycles. The van der Waals surface area contributed by atoms with Gasteiger partial charge in [0.05, 0.1) is 0 Å². The molecule has 0 radical (unpaired) electrons. The first-order valence-corrected chi connectivity index (χ1v) is 5.26. The second-order valence-corrected chi connectivity index (χ2v) is 3.52. The highest BCUT2D eigenvalue weighted by Gasteiger charge is 2.20. The fraction of sp³-hybridized carbons (Fsp3) is 0.800. The highest BCUT2D eigenvalue weighted by Crippen LogP contribution is 1.97. The summed E-state index contributed by atoms with van der Waals surface area (Å²) < 4.78 is 0. The molecule has 0 fully saturated rings. The highest BCUT2D eigenvalue weighted by molar-refractivity contribution is 5.84. The monoisotopic (exact) mass is 216 g/mol. The molecule has 0 aliphatic carbocycles. The van der Waals surface area contributed by atoms with Crippen molar-refractivity contribution in [3.05, 3.63) is 0 Å². The Kier molecular flexibility index (Phi) is 6.70. The van der Waals surface area contributed by atoms with Gasteiger partial charge in [0.1, 0.15) is 6.04 Å². The molecule has 0 saturated heterocycles. The molecule has 88 valence electrons. The Morgan fingerprint density at radius 3 is 2.33 bits per heavy atom. The number of amides is 1. The number of hydrogen-bond acceptors (Lipinski definition) is 3. The van der Waals surface area contributed by atoms with Gasteiger partial charge in [0.15, 0.2) is 0 Å². The van der Waals surface area contributed by atoms with Gasteiger partial charge in [-0.3, -0.25) is 4.79 Å². The molecule has 5 nitrogen and oxygen atoms in total. The Morgan fingerprint density at radius 1 is 1.33 bits per heavy atom. The first kappa shape index (κ1) is 13.9. The molecular formula is C10H20N2O3. The van der Waals surface area contributed by atoms with E-state index in [0.29, 0.717) is 13.0 Å². The van der Waals surface area contributed by atoms with E-state index in [4.69, 9.17) is 5.11 Å². The smallest absolute Gasteiger partial charge is 0.326 e. The Balaban J connectivity index is 4.04. The molecule has 1 unspecified atom stereocenters. The van der Waals surface area contributed by atoms with Crippen molar-refractivity contribution >= 4 is 11.9 Å². The number of carbonyl (C=O) groups is 2. The first-order chi connectivity index (χ1) is 7.02. The fourth-order valence-corrected chi connectivity index (χ4v) is 1.11. The zero-order valence-electron chi connectivity index (χ0n) is 9.54. The van der Waals surface area contributed by atoms with Crippen molar-refractivity contribution in [1.82, 2.24) is 10.6 Å². The van der Waals surface area contributed by atoms with E-state index in [9.17, 15) is 9.59 Å². The third-order valence-electron chi connectivity index (χ3n) is 2.17. The van der Waals surface area contributed by atoms with Gasteiger partial charge in [-0.25, -0.2) is 4.79 Å². The van der Waals surface area contributed by atoms with E-state index in [2.05, 4.69) is 10.6 Å². The average molecular weight is 216 g/mol. The molecule has 0 aromatic rings. The van der Waals surface area contributed by atoms with Crippen molar-refractivity contribution < 1.29 is 14.7 Å². The molecule has 0 rings (SSSR count). The first-order valence-electron chi connectivity index (χ1n) is 5.26. The van der Waals surface area contributed by atoms with Crippen molar-refractivity contribution in [3.63, 3.8) is 0 Å². The average Bonchev–Trinajstić information content (AvgIpc) is 2.21. The van der Waals surface area contributed by atoms with Crippen LogP contribution in [0, 0.1) is 5.92 Å². The molecule has 1 amide bonds. The number of aliphatic carboxylic acids is 1. The summed E-state index contributed by atoms with van der Waals surface area (Å²) >= 11 is 0. The largest absolute Gasteiger partial charge is 0.480 e. The minimum atomic E-state index is -0.985. The summed E-state index contributed by atoms with van der Waals surface area (Å²) in [4.78, 5) is 22.2. The van der Waals surface area contributed by atoms with Crippen LogP contribution in [-0.2, 0) is 9.59 Å². The predicted molar refractivity (Wildman–Crippen MR) is 57.6 cm³/mol. The number of nitrogens with one attached hydrogen (secondary N) is 2. The Bertz CT molecular complexity index is 219. The zero-order chi connectivity index (χ0) is 11.8. The molecule has 3 N–H and O–H groups in total. The van der Waals surface area contributed by atoms with Crippen LogP contribution in [0.25, 0.3) is 0 Å². The normalized spacial score (nSPS) is 14.3. The molecule has 0 bridgehead atoms. The van der Waals surface area contributed by atoms with Gasteiger partial charge in [-0.05, 0) is 13.0 Å². The van der Waals surface area contributed by atoms with E-state index in [1.54, 1.807) is 13.8 Å². The second kappa shape index (κ2) is 7.23. The molecule has 0 aliphatic rings. The lowest BCUT2D eigenvalue weighted by Crippen LogP contribution is -2.44. The summed E-state index contributed by atoms with van der Waals surface area (Å²) in [6.45, 7) is 6.82. The molecular weight excluding hydrogens is 196 g/mol. The van der Waals surface area contributed by atoms with Gasteiger partial charge in [-0.1, -0.05) is 20.8 Å². The molecule has 15 heavy (non-hydrogen) atoms. The number of carboxylic acids is 1. The lowest BCUT2D eigenvalue weighted by molar-refractivity contribution is -0.142. The van der Waals surface area contributed by atoms with Crippen LogP contribution in [0.4, 0.5) is 0 Å². The van der Waals surface area contributed by atoms with Gasteiger partial charge in [-0.15, -0.1) is 0 Å². The van der Waals surface area contributed by atoms with E-state index in [1.165, 1.54) is 0 Å². The topological polar surface area (TPSA) is 78.4 Å². The van der Waals surface area contributed by atoms with Gasteiger partial charge >= 0.3 is 5.97 Å². The van der Waals surface area contributed by atoms with Gasteiger partial charge in [0.2, 0.25) is 5.91 Å². The number of carboxylic acid groups (broad SMARTS) is 1. The maximum atomic E-state index is 11.5. The van der Waals surface area contributed by atoms with Crippen LogP contribution in [-0.4, -0.2) is 36.1 Å². The van der Waals surface area contributed by atoms with Crippen LogP contribution in [0.15, 0.2) is 0 Å². The quantitative estimate of drug-likeness (QED) is 0.568. The van der Waals surface area contributed by atoms with Crippen molar-refractivity contribution in [3.8, 4) is 0 Å². The lowest BCUT2D eigenvalue weighted by atomic mass is 10.1. The van der Waals surface area contributed by atoms with Crippen LogP contribution >= 0.6 is 0 Å². The predicted octanol–water partition coefficient (Wildman–Crippen LogP) is 0.211. The fourth-order valence-electron chi connectivity index (χ4n) is 1.11. The highest BCUT2D eigenvalue weighted by atomic mass is 16.4. The van der Waals surface area contributed by atoms with Crippen molar-refractivity contribution in [2.45, 2.75) is 33.2 Å². The Morgan fingerprint density at radius 2 is 1.93 bits per heavy atom. The summed E-state index contributed by atoms with van der Waals surface area (Å²) in [6.07, 6.45) is 0.398. The zero-order valence-corrected chi connectivity index (χ0v) is 9.54. The number of hydrogen-bond donors (Lipinski definition) is 3. The SMILES string of the molecule is CCNCC(C)C(=O)N[C@H](CC)C(=O)O. The Hall–Kier alpha value is -1.10. The summed E-state index contributed by atoms with van der Waals surface area (Å²) in [5.41, 5.74) is 0. The molecule has 0 aromatic heterocycles. The summed E-state index contributed by atoms with van der Waals surface area (Å²) in [7, 11) is 0. The van der Waals surface area contributed by atoms with Crippen LogP contribution in [0.1, 0.15) is 27.2 Å². The Labute approximate surface area is 90.2 Å². The van der Waals surface area contributed by atoms with E-state index in [1.807, 2.05) is 6.92 Å². The molecule has 0 aliphatic heterocycles. The number of carbonyl (C=O) groups excluding carboxylic acids is 1. The number of rotatable bonds is 7. The van der Waals surface area contributed by atoms with Crippen LogP contribution in [0.5, 0.6) is 0 Å². The van der Waals surface area contributed by atoms with Gasteiger partial charge in [0, 0.05) is 12.5 Å². The summed E-state index contributed by atoms with van der Waals surface area (Å²) in [5, 5.41) is 14.3. The van der Waals surface area contributed by atoms with Crippen LogP contribution in [0.3, 0.4) is 0 Å². The minimum absolute atomic E-state index is 0.210. The second-order valence-electron chi connectivity index (χ2n) is 3.52. The molecule has 5 heteroatoms. The third-order valence-corrected chi connectivity index (χ3v) is 2.17. The van der Waals surface area contributed by atoms with Gasteiger partial charge < -0.3 is 15.7 Å². The van der Waals surface area contributed by atoms with E-state index in [0.717, 1.165) is 6.54 Å². The molecule has 2 atom stereocenters. The van der Waals surface area contributed by atoms with Crippen molar-refractivity contribution in [2.24, 2.45) is 5.92 Å². The lowest BCUT2D eigenvalue weighted by Gasteiger charge is -2.16. The maximum absolute atomic E-state index is 11.5. The van der Waals surface area contributed by atoms with E-state index >= 15 is 0 Å². The van der Waals surface area contributed by atoms with E-state index in [-0.39, 0.29) is 11.8 Å². The minimum Gasteiger partial charge on any atom is -0.480 e. The molecule has 0 saturated carbocycles. The third kappa shape index (κ3) is 5.37.